The van der Waals surface area contributed by atoms with E-state index in [1.54, 1.807) is 24.3 Å². The Labute approximate surface area is 140 Å². The molecule has 0 saturated heterocycles. The fourth-order valence-electron chi connectivity index (χ4n) is 2.92. The number of rotatable bonds is 5. The van der Waals surface area contributed by atoms with Crippen molar-refractivity contribution in [1.82, 2.24) is 5.32 Å². The molecule has 3 rings (SSSR count). The van der Waals surface area contributed by atoms with Gasteiger partial charge in [-0.25, -0.2) is 4.79 Å². The van der Waals surface area contributed by atoms with Crippen molar-refractivity contribution in [2.45, 2.75) is 25.3 Å². The number of fused-ring (bicyclic) bond motifs is 1. The molecule has 5 heteroatoms. The van der Waals surface area contributed by atoms with Gasteiger partial charge in [-0.15, -0.1) is 0 Å². The number of nitrogens with one attached hydrogen (secondary N) is 1. The van der Waals surface area contributed by atoms with Crippen molar-refractivity contribution in [3.63, 3.8) is 0 Å². The number of aromatic carboxylic acids is 1. The summed E-state index contributed by atoms with van der Waals surface area (Å²) >= 11 is 0. The number of hydrogen-bond acceptors (Lipinski definition) is 3. The van der Waals surface area contributed by atoms with Gasteiger partial charge in [-0.2, -0.15) is 0 Å². The van der Waals surface area contributed by atoms with Gasteiger partial charge in [0.2, 0.25) is 5.91 Å². The summed E-state index contributed by atoms with van der Waals surface area (Å²) in [4.78, 5) is 23.3. The van der Waals surface area contributed by atoms with Gasteiger partial charge in [-0.05, 0) is 36.1 Å². The SMILES string of the molecule is O=C(CCc1ccccc1C(=O)O)N[C@@H]1COc2ccccc2C1. The lowest BCUT2D eigenvalue weighted by Crippen LogP contribution is -2.42. The van der Waals surface area contributed by atoms with Gasteiger partial charge < -0.3 is 15.2 Å². The van der Waals surface area contributed by atoms with Gasteiger partial charge in [0.25, 0.3) is 0 Å². The third kappa shape index (κ3) is 3.74. The molecule has 0 spiro atoms. The average molecular weight is 325 g/mol. The first-order valence-corrected chi connectivity index (χ1v) is 7.95. The molecule has 0 unspecified atom stereocenters. The molecular formula is C19H19NO4. The second-order valence-electron chi connectivity index (χ2n) is 5.85. The third-order valence-electron chi connectivity index (χ3n) is 4.11. The maximum Gasteiger partial charge on any atom is 0.335 e. The maximum absolute atomic E-state index is 12.2. The summed E-state index contributed by atoms with van der Waals surface area (Å²) in [6.07, 6.45) is 1.40. The van der Waals surface area contributed by atoms with Gasteiger partial charge in [0.15, 0.2) is 0 Å². The minimum Gasteiger partial charge on any atom is -0.491 e. The van der Waals surface area contributed by atoms with E-state index in [1.165, 1.54) is 0 Å². The van der Waals surface area contributed by atoms with Crippen LogP contribution in [0.1, 0.15) is 27.9 Å². The van der Waals surface area contributed by atoms with Gasteiger partial charge in [-0.3, -0.25) is 4.79 Å². The Morgan fingerprint density at radius 3 is 2.71 bits per heavy atom. The van der Waals surface area contributed by atoms with E-state index in [-0.39, 0.29) is 23.9 Å². The fraction of sp³-hybridized carbons (Fsp3) is 0.263. The lowest BCUT2D eigenvalue weighted by atomic mass is 10.0. The summed E-state index contributed by atoms with van der Waals surface area (Å²) in [5, 5.41) is 12.1. The van der Waals surface area contributed by atoms with Crippen molar-refractivity contribution >= 4 is 11.9 Å². The number of amides is 1. The molecule has 0 fully saturated rings. The molecule has 0 bridgehead atoms. The Kier molecular flexibility index (Phi) is 4.79. The second kappa shape index (κ2) is 7.17. The number of carbonyl (C=O) groups is 2. The van der Waals surface area contributed by atoms with Crippen molar-refractivity contribution < 1.29 is 19.4 Å². The summed E-state index contributed by atoms with van der Waals surface area (Å²) in [6, 6.07) is 14.5. The fourth-order valence-corrected chi connectivity index (χ4v) is 2.92. The predicted octanol–water partition coefficient (Wildman–Crippen LogP) is 2.44. The quantitative estimate of drug-likeness (QED) is 0.885. The van der Waals surface area contributed by atoms with Crippen LogP contribution in [0.25, 0.3) is 0 Å². The van der Waals surface area contributed by atoms with E-state index in [1.807, 2.05) is 24.3 Å². The number of benzene rings is 2. The van der Waals surface area contributed by atoms with Crippen molar-refractivity contribution in [2.24, 2.45) is 0 Å². The van der Waals surface area contributed by atoms with Gasteiger partial charge >= 0.3 is 5.97 Å². The summed E-state index contributed by atoms with van der Waals surface area (Å²) in [5.74, 6) is -0.190. The van der Waals surface area contributed by atoms with Crippen molar-refractivity contribution in [2.75, 3.05) is 6.61 Å². The van der Waals surface area contributed by atoms with Crippen LogP contribution >= 0.6 is 0 Å². The Morgan fingerprint density at radius 2 is 1.88 bits per heavy atom. The first-order chi connectivity index (χ1) is 11.6. The van der Waals surface area contributed by atoms with Gasteiger partial charge in [-0.1, -0.05) is 36.4 Å². The Balaban J connectivity index is 1.55. The molecule has 0 aliphatic carbocycles. The molecule has 1 aliphatic rings. The topological polar surface area (TPSA) is 75.6 Å². The average Bonchev–Trinajstić information content (AvgIpc) is 2.60. The van der Waals surface area contributed by atoms with E-state index in [2.05, 4.69) is 5.32 Å². The monoisotopic (exact) mass is 325 g/mol. The molecule has 1 aliphatic heterocycles. The van der Waals surface area contributed by atoms with E-state index < -0.39 is 5.97 Å². The Hall–Kier alpha value is -2.82. The van der Waals surface area contributed by atoms with E-state index in [4.69, 9.17) is 9.84 Å². The van der Waals surface area contributed by atoms with Gasteiger partial charge in [0.1, 0.15) is 12.4 Å². The molecule has 1 atom stereocenters. The summed E-state index contributed by atoms with van der Waals surface area (Å²) in [7, 11) is 0. The third-order valence-corrected chi connectivity index (χ3v) is 4.11. The van der Waals surface area contributed by atoms with Crippen molar-refractivity contribution in [3.8, 4) is 5.75 Å². The van der Waals surface area contributed by atoms with E-state index in [9.17, 15) is 9.59 Å². The molecule has 1 amide bonds. The summed E-state index contributed by atoms with van der Waals surface area (Å²) < 4.78 is 5.66. The minimum atomic E-state index is -0.969. The van der Waals surface area contributed by atoms with Crippen LogP contribution in [-0.2, 0) is 17.6 Å². The molecule has 2 aromatic carbocycles. The van der Waals surface area contributed by atoms with Crippen LogP contribution in [-0.4, -0.2) is 29.6 Å². The molecular weight excluding hydrogens is 306 g/mol. The normalized spacial score (nSPS) is 15.9. The Morgan fingerprint density at radius 1 is 1.12 bits per heavy atom. The number of carboxylic acids is 1. The minimum absolute atomic E-state index is 0.0536. The van der Waals surface area contributed by atoms with Crippen LogP contribution in [0.4, 0.5) is 0 Å². The van der Waals surface area contributed by atoms with Crippen LogP contribution in [0.5, 0.6) is 5.75 Å². The standard InChI is InChI=1S/C19H19NO4/c21-18(10-9-13-5-1-3-7-16(13)19(22)23)20-15-11-14-6-2-4-8-17(14)24-12-15/h1-8,15H,9-12H2,(H,20,21)(H,22,23)/t15-/m0/s1. The molecule has 1 heterocycles. The van der Waals surface area contributed by atoms with Crippen LogP contribution in [0.2, 0.25) is 0 Å². The highest BCUT2D eigenvalue weighted by Crippen LogP contribution is 2.23. The molecule has 0 saturated carbocycles. The van der Waals surface area contributed by atoms with E-state index in [0.29, 0.717) is 18.6 Å². The zero-order chi connectivity index (χ0) is 16.9. The first-order valence-electron chi connectivity index (χ1n) is 7.95. The molecule has 0 aromatic heterocycles. The predicted molar refractivity (Wildman–Crippen MR) is 89.3 cm³/mol. The molecule has 24 heavy (non-hydrogen) atoms. The van der Waals surface area contributed by atoms with E-state index in [0.717, 1.165) is 17.7 Å². The van der Waals surface area contributed by atoms with E-state index >= 15 is 0 Å². The number of carboxylic acid groups (broad SMARTS) is 1. The number of carbonyl (C=O) groups excluding carboxylic acids is 1. The molecule has 2 N–H and O–H groups in total. The lowest BCUT2D eigenvalue weighted by Gasteiger charge is -2.26. The first kappa shape index (κ1) is 16.1. The zero-order valence-corrected chi connectivity index (χ0v) is 13.2. The van der Waals surface area contributed by atoms with Crippen LogP contribution < -0.4 is 10.1 Å². The number of hydrogen-bond donors (Lipinski definition) is 2. The molecule has 0 radical (unpaired) electrons. The summed E-state index contributed by atoms with van der Waals surface area (Å²) in [6.45, 7) is 0.453. The molecule has 2 aromatic rings. The molecule has 124 valence electrons. The van der Waals surface area contributed by atoms with Crippen LogP contribution in [0.3, 0.4) is 0 Å². The van der Waals surface area contributed by atoms with Crippen LogP contribution in [0, 0.1) is 0 Å². The highest BCUT2D eigenvalue weighted by molar-refractivity contribution is 5.89. The van der Waals surface area contributed by atoms with Crippen molar-refractivity contribution in [1.29, 1.82) is 0 Å². The smallest absolute Gasteiger partial charge is 0.335 e. The van der Waals surface area contributed by atoms with Gasteiger partial charge in [0.05, 0.1) is 11.6 Å². The summed E-state index contributed by atoms with van der Waals surface area (Å²) in [5.41, 5.74) is 2.01. The molecule has 5 nitrogen and oxygen atoms in total. The highest BCUT2D eigenvalue weighted by Gasteiger charge is 2.21. The number of para-hydroxylation sites is 1. The Bertz CT molecular complexity index is 757. The lowest BCUT2D eigenvalue weighted by molar-refractivity contribution is -0.122. The zero-order valence-electron chi connectivity index (χ0n) is 13.2. The van der Waals surface area contributed by atoms with Gasteiger partial charge in [0, 0.05) is 6.42 Å². The number of aryl methyl sites for hydroxylation is 1. The number of ether oxygens (including phenoxy) is 1. The largest absolute Gasteiger partial charge is 0.491 e. The highest BCUT2D eigenvalue weighted by atomic mass is 16.5. The second-order valence-corrected chi connectivity index (χ2v) is 5.85. The van der Waals surface area contributed by atoms with Crippen molar-refractivity contribution in [3.05, 3.63) is 65.2 Å². The van der Waals surface area contributed by atoms with Crippen LogP contribution in [0.15, 0.2) is 48.5 Å². The maximum atomic E-state index is 12.2.